The molecule has 0 heterocycles. The van der Waals surface area contributed by atoms with Crippen molar-refractivity contribution in [2.75, 3.05) is 11.9 Å². The van der Waals surface area contributed by atoms with E-state index in [1.807, 2.05) is 18.2 Å². The Morgan fingerprint density at radius 2 is 2.00 bits per heavy atom. The van der Waals surface area contributed by atoms with Crippen molar-refractivity contribution in [2.24, 2.45) is 5.41 Å². The van der Waals surface area contributed by atoms with E-state index in [9.17, 15) is 4.79 Å². The van der Waals surface area contributed by atoms with Crippen LogP contribution in [0.1, 0.15) is 59.1 Å². The average Bonchev–Trinajstić information content (AvgIpc) is 2.33. The van der Waals surface area contributed by atoms with Crippen molar-refractivity contribution in [3.8, 4) is 0 Å². The highest BCUT2D eigenvalue weighted by Gasteiger charge is 2.16. The van der Waals surface area contributed by atoms with Crippen LogP contribution in [0.2, 0.25) is 0 Å². The molecule has 1 amide bonds. The third-order valence-electron chi connectivity index (χ3n) is 3.06. The van der Waals surface area contributed by atoms with Gasteiger partial charge in [-0.05, 0) is 43.0 Å². The largest absolute Gasteiger partial charge is 0.326 e. The summed E-state index contributed by atoms with van der Waals surface area (Å²) >= 11 is 0. The van der Waals surface area contributed by atoms with Gasteiger partial charge in [0.15, 0.2) is 0 Å². The van der Waals surface area contributed by atoms with Gasteiger partial charge in [-0.1, -0.05) is 39.8 Å². The minimum absolute atomic E-state index is 0.0116. The lowest BCUT2D eigenvalue weighted by molar-refractivity contribution is -0.117. The Hall–Kier alpha value is -1.35. The monoisotopic (exact) mass is 276 g/mol. The summed E-state index contributed by atoms with van der Waals surface area (Å²) in [6, 6.07) is 8.37. The Labute approximate surface area is 123 Å². The zero-order valence-electron chi connectivity index (χ0n) is 13.4. The van der Waals surface area contributed by atoms with E-state index < -0.39 is 0 Å². The Balaban J connectivity index is 2.66. The Morgan fingerprint density at radius 1 is 1.30 bits per heavy atom. The van der Waals surface area contributed by atoms with E-state index >= 15 is 0 Å². The highest BCUT2D eigenvalue weighted by molar-refractivity contribution is 5.91. The first-order chi connectivity index (χ1) is 9.31. The number of carbonyl (C=O) groups is 1. The summed E-state index contributed by atoms with van der Waals surface area (Å²) in [7, 11) is 0. The van der Waals surface area contributed by atoms with Crippen LogP contribution in [0.5, 0.6) is 0 Å². The average molecular weight is 276 g/mol. The molecule has 112 valence electrons. The molecule has 3 heteroatoms. The summed E-state index contributed by atoms with van der Waals surface area (Å²) in [5.74, 6) is 0.0730. The molecule has 3 nitrogen and oxygen atoms in total. The van der Waals surface area contributed by atoms with Gasteiger partial charge in [-0.15, -0.1) is 0 Å². The van der Waals surface area contributed by atoms with E-state index in [4.69, 9.17) is 0 Å². The molecule has 0 saturated carbocycles. The highest BCUT2D eigenvalue weighted by Crippen LogP contribution is 2.21. The molecule has 0 radical (unpaired) electrons. The SMILES string of the molecule is CCCNC(C)c1cccc(NC(=O)CC(C)(C)C)c1. The van der Waals surface area contributed by atoms with Gasteiger partial charge in [0.25, 0.3) is 0 Å². The topological polar surface area (TPSA) is 41.1 Å². The second kappa shape index (κ2) is 7.44. The summed E-state index contributed by atoms with van der Waals surface area (Å²) in [4.78, 5) is 12.0. The van der Waals surface area contributed by atoms with Crippen LogP contribution < -0.4 is 10.6 Å². The molecule has 1 unspecified atom stereocenters. The van der Waals surface area contributed by atoms with Gasteiger partial charge in [-0.2, -0.15) is 0 Å². The third kappa shape index (κ3) is 6.20. The molecular formula is C17H28N2O. The summed E-state index contributed by atoms with van der Waals surface area (Å²) < 4.78 is 0. The van der Waals surface area contributed by atoms with Crippen molar-refractivity contribution in [1.29, 1.82) is 0 Å². The molecule has 2 N–H and O–H groups in total. The number of hydrogen-bond donors (Lipinski definition) is 2. The van der Waals surface area contributed by atoms with Gasteiger partial charge in [-0.3, -0.25) is 4.79 Å². The van der Waals surface area contributed by atoms with Crippen molar-refractivity contribution >= 4 is 11.6 Å². The van der Waals surface area contributed by atoms with E-state index in [0.717, 1.165) is 18.7 Å². The van der Waals surface area contributed by atoms with E-state index in [-0.39, 0.29) is 11.3 Å². The lowest BCUT2D eigenvalue weighted by atomic mass is 9.92. The van der Waals surface area contributed by atoms with Crippen LogP contribution in [-0.2, 0) is 4.79 Å². The second-order valence-corrected chi connectivity index (χ2v) is 6.59. The second-order valence-electron chi connectivity index (χ2n) is 6.59. The lowest BCUT2D eigenvalue weighted by Gasteiger charge is -2.18. The van der Waals surface area contributed by atoms with Crippen molar-refractivity contribution in [3.05, 3.63) is 29.8 Å². The van der Waals surface area contributed by atoms with E-state index in [1.165, 1.54) is 5.56 Å². The fourth-order valence-corrected chi connectivity index (χ4v) is 2.05. The molecule has 20 heavy (non-hydrogen) atoms. The summed E-state index contributed by atoms with van der Waals surface area (Å²) in [6.07, 6.45) is 1.65. The Kier molecular flexibility index (Phi) is 6.21. The molecule has 1 aromatic rings. The van der Waals surface area contributed by atoms with Crippen LogP contribution in [-0.4, -0.2) is 12.5 Å². The third-order valence-corrected chi connectivity index (χ3v) is 3.06. The number of hydrogen-bond acceptors (Lipinski definition) is 2. The molecule has 0 aliphatic heterocycles. The lowest BCUT2D eigenvalue weighted by Crippen LogP contribution is -2.21. The summed E-state index contributed by atoms with van der Waals surface area (Å²) in [5.41, 5.74) is 2.09. The summed E-state index contributed by atoms with van der Waals surface area (Å²) in [6.45, 7) is 11.5. The minimum atomic E-state index is 0.0116. The number of benzene rings is 1. The molecule has 0 aliphatic rings. The molecule has 0 spiro atoms. The Morgan fingerprint density at radius 3 is 2.60 bits per heavy atom. The first kappa shape index (κ1) is 16.7. The highest BCUT2D eigenvalue weighted by atomic mass is 16.1. The zero-order chi connectivity index (χ0) is 15.2. The predicted molar refractivity (Wildman–Crippen MR) is 85.9 cm³/mol. The van der Waals surface area contributed by atoms with E-state index in [0.29, 0.717) is 12.5 Å². The van der Waals surface area contributed by atoms with Gasteiger partial charge in [0.1, 0.15) is 0 Å². The maximum Gasteiger partial charge on any atom is 0.224 e. The smallest absolute Gasteiger partial charge is 0.224 e. The maximum absolute atomic E-state index is 12.0. The molecule has 0 fully saturated rings. The number of anilines is 1. The predicted octanol–water partition coefficient (Wildman–Crippen LogP) is 4.12. The van der Waals surface area contributed by atoms with Gasteiger partial charge in [0.2, 0.25) is 5.91 Å². The van der Waals surface area contributed by atoms with Crippen LogP contribution in [0.4, 0.5) is 5.69 Å². The van der Waals surface area contributed by atoms with Gasteiger partial charge in [0, 0.05) is 18.2 Å². The fraction of sp³-hybridized carbons (Fsp3) is 0.588. The van der Waals surface area contributed by atoms with E-state index in [2.05, 4.69) is 51.3 Å². The maximum atomic E-state index is 12.0. The molecule has 1 atom stereocenters. The van der Waals surface area contributed by atoms with Crippen molar-refractivity contribution < 1.29 is 4.79 Å². The molecule has 1 rings (SSSR count). The van der Waals surface area contributed by atoms with Gasteiger partial charge >= 0.3 is 0 Å². The van der Waals surface area contributed by atoms with Crippen molar-refractivity contribution in [1.82, 2.24) is 5.32 Å². The van der Waals surface area contributed by atoms with Crippen LogP contribution >= 0.6 is 0 Å². The molecule has 0 saturated heterocycles. The summed E-state index contributed by atoms with van der Waals surface area (Å²) in [5, 5.41) is 6.44. The van der Waals surface area contributed by atoms with Gasteiger partial charge < -0.3 is 10.6 Å². The van der Waals surface area contributed by atoms with Crippen LogP contribution in [0.15, 0.2) is 24.3 Å². The first-order valence-electron chi connectivity index (χ1n) is 7.45. The van der Waals surface area contributed by atoms with Crippen LogP contribution in [0.25, 0.3) is 0 Å². The molecule has 0 aromatic heterocycles. The van der Waals surface area contributed by atoms with Gasteiger partial charge in [-0.25, -0.2) is 0 Å². The van der Waals surface area contributed by atoms with Crippen molar-refractivity contribution in [3.63, 3.8) is 0 Å². The van der Waals surface area contributed by atoms with Crippen LogP contribution in [0.3, 0.4) is 0 Å². The number of rotatable bonds is 6. The zero-order valence-corrected chi connectivity index (χ0v) is 13.4. The van der Waals surface area contributed by atoms with E-state index in [1.54, 1.807) is 0 Å². The molecule has 0 aliphatic carbocycles. The molecule has 1 aromatic carbocycles. The fourth-order valence-electron chi connectivity index (χ4n) is 2.05. The normalized spacial score (nSPS) is 13.1. The molecule has 0 bridgehead atoms. The standard InChI is InChI=1S/C17H28N2O/c1-6-10-18-13(2)14-8-7-9-15(11-14)19-16(20)12-17(3,4)5/h7-9,11,13,18H,6,10,12H2,1-5H3,(H,19,20). The van der Waals surface area contributed by atoms with Gasteiger partial charge in [0.05, 0.1) is 0 Å². The number of carbonyl (C=O) groups excluding carboxylic acids is 1. The molecular weight excluding hydrogens is 248 g/mol. The number of amides is 1. The Bertz CT molecular complexity index is 435. The quantitative estimate of drug-likeness (QED) is 0.820. The van der Waals surface area contributed by atoms with Crippen molar-refractivity contribution in [2.45, 2.75) is 53.5 Å². The first-order valence-corrected chi connectivity index (χ1v) is 7.45. The van der Waals surface area contributed by atoms with Crippen LogP contribution in [0, 0.1) is 5.41 Å². The number of nitrogens with one attached hydrogen (secondary N) is 2. The minimum Gasteiger partial charge on any atom is -0.326 e.